The lowest BCUT2D eigenvalue weighted by atomic mass is 9.78. The molecule has 1 aromatic rings. The molecular weight excluding hydrogens is 358 g/mol. The number of nitrogens with one attached hydrogen (secondary N) is 1. The van der Waals surface area contributed by atoms with E-state index in [4.69, 9.17) is 14.2 Å². The van der Waals surface area contributed by atoms with Crippen molar-refractivity contribution in [2.24, 2.45) is 5.92 Å². The van der Waals surface area contributed by atoms with Crippen molar-refractivity contribution in [2.45, 2.75) is 65.4 Å². The molecule has 156 valence electrons. The first-order valence-corrected chi connectivity index (χ1v) is 10.3. The van der Waals surface area contributed by atoms with E-state index in [2.05, 4.69) is 12.2 Å². The van der Waals surface area contributed by atoms with Crippen molar-refractivity contribution in [1.82, 2.24) is 0 Å². The predicted octanol–water partition coefficient (Wildman–Crippen LogP) is 4.58. The molecule has 1 N–H and O–H groups in total. The molecule has 0 bridgehead atoms. The van der Waals surface area contributed by atoms with Crippen molar-refractivity contribution in [1.29, 1.82) is 0 Å². The molecule has 2 rings (SSSR count). The second kappa shape index (κ2) is 10.5. The highest BCUT2D eigenvalue weighted by molar-refractivity contribution is 5.99. The maximum absolute atomic E-state index is 13.1. The summed E-state index contributed by atoms with van der Waals surface area (Å²) in [6.45, 7) is 9.07. The Labute approximate surface area is 167 Å². The number of esters is 1. The molecule has 28 heavy (non-hydrogen) atoms. The lowest BCUT2D eigenvalue weighted by Crippen LogP contribution is -2.48. The van der Waals surface area contributed by atoms with E-state index in [0.717, 1.165) is 19.3 Å². The molecule has 1 amide bonds. The number of rotatable bonds is 9. The predicted molar refractivity (Wildman–Crippen MR) is 109 cm³/mol. The average molecular weight is 392 g/mol. The standard InChI is InChI=1S/C22H33NO5/c1-5-13-27-19-11-10-17(14-18(19)20(24)26-6-2)23-21(25)22(28-7-3)12-8-9-16(4)15-22/h10-11,14,16H,5-9,12-13,15H2,1-4H3,(H,23,25)/t16-,22-/m0/s1. The van der Waals surface area contributed by atoms with Gasteiger partial charge in [0.2, 0.25) is 0 Å². The number of ether oxygens (including phenoxy) is 3. The van der Waals surface area contributed by atoms with Crippen molar-refractivity contribution in [2.75, 3.05) is 25.1 Å². The second-order valence-corrected chi connectivity index (χ2v) is 7.36. The summed E-state index contributed by atoms with van der Waals surface area (Å²) in [7, 11) is 0. The summed E-state index contributed by atoms with van der Waals surface area (Å²) >= 11 is 0. The van der Waals surface area contributed by atoms with Gasteiger partial charge in [-0.2, -0.15) is 0 Å². The van der Waals surface area contributed by atoms with Crippen molar-refractivity contribution in [3.05, 3.63) is 23.8 Å². The monoisotopic (exact) mass is 391 g/mol. The summed E-state index contributed by atoms with van der Waals surface area (Å²) in [6.07, 6.45) is 4.31. The number of carbonyl (C=O) groups excluding carboxylic acids is 2. The van der Waals surface area contributed by atoms with Gasteiger partial charge in [0.05, 0.1) is 13.2 Å². The Kier molecular flexibility index (Phi) is 8.30. The summed E-state index contributed by atoms with van der Waals surface area (Å²) in [5.41, 5.74) is 0.0400. The zero-order valence-electron chi connectivity index (χ0n) is 17.5. The molecule has 6 heteroatoms. The van der Waals surface area contributed by atoms with Crippen LogP contribution in [0.1, 0.15) is 70.2 Å². The van der Waals surface area contributed by atoms with Gasteiger partial charge in [-0.1, -0.05) is 20.3 Å². The Morgan fingerprint density at radius 1 is 1.21 bits per heavy atom. The van der Waals surface area contributed by atoms with Gasteiger partial charge < -0.3 is 19.5 Å². The minimum absolute atomic E-state index is 0.155. The maximum Gasteiger partial charge on any atom is 0.341 e. The highest BCUT2D eigenvalue weighted by Gasteiger charge is 2.42. The fourth-order valence-electron chi connectivity index (χ4n) is 3.74. The molecule has 1 saturated carbocycles. The van der Waals surface area contributed by atoms with Crippen molar-refractivity contribution in [3.8, 4) is 5.75 Å². The highest BCUT2D eigenvalue weighted by Crippen LogP contribution is 2.36. The molecule has 0 unspecified atom stereocenters. The molecule has 1 aromatic carbocycles. The summed E-state index contributed by atoms with van der Waals surface area (Å²) in [6, 6.07) is 5.07. The Morgan fingerprint density at radius 3 is 2.64 bits per heavy atom. The third-order valence-electron chi connectivity index (χ3n) is 4.98. The number of hydrogen-bond donors (Lipinski definition) is 1. The van der Waals surface area contributed by atoms with E-state index in [1.54, 1.807) is 25.1 Å². The first kappa shape index (κ1) is 22.2. The van der Waals surface area contributed by atoms with Gasteiger partial charge in [0.1, 0.15) is 16.9 Å². The van der Waals surface area contributed by atoms with E-state index in [1.165, 1.54) is 0 Å². The SMILES string of the molecule is CCCOc1ccc(NC(=O)[C@]2(OCC)CCC[C@H](C)C2)cc1C(=O)OCC. The van der Waals surface area contributed by atoms with E-state index < -0.39 is 11.6 Å². The Morgan fingerprint density at radius 2 is 2.00 bits per heavy atom. The van der Waals surface area contributed by atoms with Gasteiger partial charge >= 0.3 is 5.97 Å². The first-order chi connectivity index (χ1) is 13.5. The van der Waals surface area contributed by atoms with Crippen molar-refractivity contribution in [3.63, 3.8) is 0 Å². The van der Waals surface area contributed by atoms with Crippen LogP contribution in [0.15, 0.2) is 18.2 Å². The summed E-state index contributed by atoms with van der Waals surface area (Å²) in [4.78, 5) is 25.4. The second-order valence-electron chi connectivity index (χ2n) is 7.36. The molecule has 1 aliphatic carbocycles. The van der Waals surface area contributed by atoms with Gasteiger partial charge in [0.15, 0.2) is 0 Å². The van der Waals surface area contributed by atoms with Crippen LogP contribution >= 0.6 is 0 Å². The van der Waals surface area contributed by atoms with Crippen LogP contribution in [-0.2, 0) is 14.3 Å². The van der Waals surface area contributed by atoms with Crippen molar-refractivity contribution < 1.29 is 23.8 Å². The zero-order chi connectivity index (χ0) is 20.6. The minimum atomic E-state index is -0.812. The van der Waals surface area contributed by atoms with E-state index in [9.17, 15) is 9.59 Å². The lowest BCUT2D eigenvalue weighted by molar-refractivity contribution is -0.147. The molecule has 6 nitrogen and oxygen atoms in total. The molecule has 1 aliphatic rings. The number of hydrogen-bond acceptors (Lipinski definition) is 5. The Bertz CT molecular complexity index is 671. The van der Waals surface area contributed by atoms with Crippen LogP contribution in [-0.4, -0.2) is 37.3 Å². The van der Waals surface area contributed by atoms with Crippen LogP contribution in [0, 0.1) is 5.92 Å². The first-order valence-electron chi connectivity index (χ1n) is 10.3. The van der Waals surface area contributed by atoms with Crippen LogP contribution in [0.25, 0.3) is 0 Å². The molecule has 0 aliphatic heterocycles. The Hall–Kier alpha value is -2.08. The van der Waals surface area contributed by atoms with Crippen molar-refractivity contribution >= 4 is 17.6 Å². The minimum Gasteiger partial charge on any atom is -0.493 e. The van der Waals surface area contributed by atoms with Crippen LogP contribution in [0.2, 0.25) is 0 Å². The van der Waals surface area contributed by atoms with Gasteiger partial charge in [-0.05, 0) is 63.6 Å². The normalized spacial score (nSPS) is 21.8. The lowest BCUT2D eigenvalue weighted by Gasteiger charge is -2.38. The molecular formula is C22H33NO5. The van der Waals surface area contributed by atoms with E-state index in [0.29, 0.717) is 49.0 Å². The average Bonchev–Trinajstić information content (AvgIpc) is 2.67. The molecule has 0 radical (unpaired) electrons. The number of anilines is 1. The number of amides is 1. The van der Waals surface area contributed by atoms with Crippen LogP contribution < -0.4 is 10.1 Å². The Balaban J connectivity index is 2.24. The van der Waals surface area contributed by atoms with E-state index >= 15 is 0 Å². The zero-order valence-corrected chi connectivity index (χ0v) is 17.5. The van der Waals surface area contributed by atoms with Crippen LogP contribution in [0.3, 0.4) is 0 Å². The molecule has 0 saturated heterocycles. The highest BCUT2D eigenvalue weighted by atomic mass is 16.5. The maximum atomic E-state index is 13.1. The summed E-state index contributed by atoms with van der Waals surface area (Å²) in [5.74, 6) is 0.281. The third kappa shape index (κ3) is 5.47. The molecule has 0 aromatic heterocycles. The van der Waals surface area contributed by atoms with E-state index in [1.807, 2.05) is 13.8 Å². The topological polar surface area (TPSA) is 73.9 Å². The number of benzene rings is 1. The smallest absolute Gasteiger partial charge is 0.341 e. The molecule has 0 spiro atoms. The van der Waals surface area contributed by atoms with E-state index in [-0.39, 0.29) is 12.5 Å². The fraction of sp³-hybridized carbons (Fsp3) is 0.636. The fourth-order valence-corrected chi connectivity index (χ4v) is 3.74. The molecule has 1 fully saturated rings. The summed E-state index contributed by atoms with van der Waals surface area (Å²) in [5, 5.41) is 2.95. The third-order valence-corrected chi connectivity index (χ3v) is 4.98. The van der Waals surface area contributed by atoms with Gasteiger partial charge in [0.25, 0.3) is 5.91 Å². The van der Waals surface area contributed by atoms with Crippen LogP contribution in [0.4, 0.5) is 5.69 Å². The quantitative estimate of drug-likeness (QED) is 0.624. The van der Waals surface area contributed by atoms with Gasteiger partial charge in [-0.25, -0.2) is 4.79 Å². The number of carbonyl (C=O) groups is 2. The molecule has 0 heterocycles. The van der Waals surface area contributed by atoms with Gasteiger partial charge in [0, 0.05) is 12.3 Å². The van der Waals surface area contributed by atoms with Gasteiger partial charge in [-0.15, -0.1) is 0 Å². The summed E-state index contributed by atoms with van der Waals surface area (Å²) < 4.78 is 16.7. The largest absolute Gasteiger partial charge is 0.493 e. The van der Waals surface area contributed by atoms with Crippen LogP contribution in [0.5, 0.6) is 5.75 Å². The molecule has 2 atom stereocenters. The van der Waals surface area contributed by atoms with Gasteiger partial charge in [-0.3, -0.25) is 4.79 Å².